The summed E-state index contributed by atoms with van der Waals surface area (Å²) in [6.07, 6.45) is 4.87. The molecule has 1 heterocycles. The van der Waals surface area contributed by atoms with Crippen LogP contribution in [0, 0.1) is 0 Å². The van der Waals surface area contributed by atoms with E-state index in [1.807, 2.05) is 33.2 Å². The topological polar surface area (TPSA) is 64.7 Å². The molecule has 26 heavy (non-hydrogen) atoms. The summed E-state index contributed by atoms with van der Waals surface area (Å²) in [5.74, 6) is -0.120. The Morgan fingerprint density at radius 1 is 1.15 bits per heavy atom. The van der Waals surface area contributed by atoms with Gasteiger partial charge in [0.05, 0.1) is 5.56 Å². The second kappa shape index (κ2) is 10.2. The summed E-state index contributed by atoms with van der Waals surface area (Å²) in [6, 6.07) is 5.66. The van der Waals surface area contributed by atoms with Crippen molar-refractivity contribution in [2.75, 3.05) is 50.5 Å². The van der Waals surface area contributed by atoms with Gasteiger partial charge in [0.25, 0.3) is 5.91 Å². The van der Waals surface area contributed by atoms with E-state index >= 15 is 0 Å². The molecular weight excluding hydrogens is 328 g/mol. The molecule has 1 aliphatic heterocycles. The van der Waals surface area contributed by atoms with Crippen LogP contribution in [-0.2, 0) is 4.79 Å². The van der Waals surface area contributed by atoms with Crippen molar-refractivity contribution in [3.8, 4) is 0 Å². The van der Waals surface area contributed by atoms with Crippen LogP contribution in [0.15, 0.2) is 18.2 Å². The molecule has 0 bridgehead atoms. The van der Waals surface area contributed by atoms with Gasteiger partial charge in [0.2, 0.25) is 5.91 Å². The Labute approximate surface area is 156 Å². The number of carbonyl (C=O) groups is 2. The van der Waals surface area contributed by atoms with Crippen molar-refractivity contribution in [2.24, 2.45) is 0 Å². The molecule has 1 aliphatic rings. The fourth-order valence-corrected chi connectivity index (χ4v) is 3.15. The minimum Gasteiger partial charge on any atom is -0.371 e. The summed E-state index contributed by atoms with van der Waals surface area (Å²) in [4.78, 5) is 28.9. The monoisotopic (exact) mass is 360 g/mol. The Balaban J connectivity index is 2.15. The van der Waals surface area contributed by atoms with Crippen LogP contribution in [0.3, 0.4) is 0 Å². The van der Waals surface area contributed by atoms with E-state index in [1.165, 1.54) is 6.42 Å². The number of rotatable bonds is 8. The molecule has 0 unspecified atom stereocenters. The number of benzene rings is 1. The van der Waals surface area contributed by atoms with Crippen LogP contribution in [0.2, 0.25) is 0 Å². The summed E-state index contributed by atoms with van der Waals surface area (Å²) in [6.45, 7) is 5.34. The summed E-state index contributed by atoms with van der Waals surface area (Å²) in [5, 5.41) is 5.88. The maximum Gasteiger partial charge on any atom is 0.253 e. The van der Waals surface area contributed by atoms with Gasteiger partial charge in [-0.3, -0.25) is 9.59 Å². The lowest BCUT2D eigenvalue weighted by Gasteiger charge is -2.30. The van der Waals surface area contributed by atoms with Crippen LogP contribution in [0.4, 0.5) is 11.4 Å². The molecule has 2 rings (SSSR count). The van der Waals surface area contributed by atoms with Crippen molar-refractivity contribution in [3.05, 3.63) is 23.8 Å². The van der Waals surface area contributed by atoms with Crippen molar-refractivity contribution in [2.45, 2.75) is 39.0 Å². The summed E-state index contributed by atoms with van der Waals surface area (Å²) in [5.41, 5.74) is 2.28. The number of hydrogen-bond acceptors (Lipinski definition) is 4. The third kappa shape index (κ3) is 6.02. The number of nitrogens with one attached hydrogen (secondary N) is 2. The molecule has 2 amide bonds. The lowest BCUT2D eigenvalue weighted by molar-refractivity contribution is -0.115. The van der Waals surface area contributed by atoms with Gasteiger partial charge in [-0.2, -0.15) is 0 Å². The number of anilines is 2. The number of nitrogens with zero attached hydrogens (tertiary/aromatic N) is 2. The minimum absolute atomic E-state index is 0.0481. The van der Waals surface area contributed by atoms with E-state index < -0.39 is 0 Å². The van der Waals surface area contributed by atoms with Crippen LogP contribution in [0.25, 0.3) is 0 Å². The van der Waals surface area contributed by atoms with Crippen LogP contribution < -0.4 is 15.5 Å². The zero-order chi connectivity index (χ0) is 18.9. The van der Waals surface area contributed by atoms with Crippen LogP contribution >= 0.6 is 0 Å². The van der Waals surface area contributed by atoms with E-state index in [4.69, 9.17) is 0 Å². The molecule has 0 saturated carbocycles. The largest absolute Gasteiger partial charge is 0.371 e. The highest BCUT2D eigenvalue weighted by Gasteiger charge is 2.19. The molecule has 1 fully saturated rings. The van der Waals surface area contributed by atoms with Gasteiger partial charge in [0.1, 0.15) is 0 Å². The predicted molar refractivity (Wildman–Crippen MR) is 107 cm³/mol. The van der Waals surface area contributed by atoms with E-state index in [0.29, 0.717) is 24.2 Å². The Morgan fingerprint density at radius 2 is 1.88 bits per heavy atom. The Kier molecular flexibility index (Phi) is 7.91. The summed E-state index contributed by atoms with van der Waals surface area (Å²) >= 11 is 0. The molecule has 0 spiro atoms. The molecule has 2 N–H and O–H groups in total. The molecule has 6 nitrogen and oxygen atoms in total. The van der Waals surface area contributed by atoms with E-state index in [9.17, 15) is 9.59 Å². The quantitative estimate of drug-likeness (QED) is 0.700. The first-order valence-electron chi connectivity index (χ1n) is 9.63. The lowest BCUT2D eigenvalue weighted by atomic mass is 10.1. The normalized spacial score (nSPS) is 14.4. The van der Waals surface area contributed by atoms with Gasteiger partial charge in [0.15, 0.2) is 0 Å². The molecule has 6 heteroatoms. The van der Waals surface area contributed by atoms with E-state index in [1.54, 1.807) is 6.07 Å². The van der Waals surface area contributed by atoms with E-state index in [0.717, 1.165) is 44.6 Å². The Morgan fingerprint density at radius 3 is 2.54 bits per heavy atom. The molecule has 1 aromatic carbocycles. The van der Waals surface area contributed by atoms with Gasteiger partial charge in [-0.05, 0) is 64.5 Å². The molecule has 1 saturated heterocycles. The van der Waals surface area contributed by atoms with Crippen molar-refractivity contribution < 1.29 is 9.59 Å². The maximum atomic E-state index is 12.8. The van der Waals surface area contributed by atoms with Gasteiger partial charge in [-0.15, -0.1) is 0 Å². The first kappa shape index (κ1) is 20.2. The van der Waals surface area contributed by atoms with Gasteiger partial charge in [0, 0.05) is 37.4 Å². The Hall–Kier alpha value is -2.08. The number of piperidine rings is 1. The fourth-order valence-electron chi connectivity index (χ4n) is 3.15. The van der Waals surface area contributed by atoms with Crippen molar-refractivity contribution in [3.63, 3.8) is 0 Å². The van der Waals surface area contributed by atoms with Crippen molar-refractivity contribution >= 4 is 23.2 Å². The third-order valence-corrected chi connectivity index (χ3v) is 4.61. The van der Waals surface area contributed by atoms with Gasteiger partial charge < -0.3 is 20.4 Å². The van der Waals surface area contributed by atoms with E-state index in [2.05, 4.69) is 20.4 Å². The van der Waals surface area contributed by atoms with Crippen LogP contribution in [0.5, 0.6) is 0 Å². The minimum atomic E-state index is -0.0723. The Bertz CT molecular complexity index is 610. The number of hydrogen-bond donors (Lipinski definition) is 2. The molecular formula is C20H32N4O2. The molecule has 0 aromatic heterocycles. The zero-order valence-electron chi connectivity index (χ0n) is 16.3. The smallest absolute Gasteiger partial charge is 0.253 e. The average Bonchev–Trinajstić information content (AvgIpc) is 2.65. The second-order valence-electron chi connectivity index (χ2n) is 7.09. The standard InChI is InChI=1S/C20H32N4O2/c1-4-19(25)22-16-9-10-18(24-13-6-5-7-14-24)17(15-16)20(26)21-11-8-12-23(2)3/h9-10,15H,4-8,11-14H2,1-3H3,(H,21,26)(H,22,25). The lowest BCUT2D eigenvalue weighted by Crippen LogP contribution is -2.33. The number of amides is 2. The molecule has 0 atom stereocenters. The second-order valence-corrected chi connectivity index (χ2v) is 7.09. The maximum absolute atomic E-state index is 12.8. The molecule has 144 valence electrons. The first-order valence-corrected chi connectivity index (χ1v) is 9.63. The molecule has 0 radical (unpaired) electrons. The van der Waals surface area contributed by atoms with Crippen LogP contribution in [-0.4, -0.2) is 57.0 Å². The van der Waals surface area contributed by atoms with Gasteiger partial charge in [-0.1, -0.05) is 6.92 Å². The van der Waals surface area contributed by atoms with Gasteiger partial charge in [-0.25, -0.2) is 0 Å². The highest BCUT2D eigenvalue weighted by Crippen LogP contribution is 2.27. The van der Waals surface area contributed by atoms with Crippen molar-refractivity contribution in [1.82, 2.24) is 10.2 Å². The first-order chi connectivity index (χ1) is 12.5. The fraction of sp³-hybridized carbons (Fsp3) is 0.600. The predicted octanol–water partition coefficient (Wildman–Crippen LogP) is 2.71. The highest BCUT2D eigenvalue weighted by atomic mass is 16.2. The third-order valence-electron chi connectivity index (χ3n) is 4.61. The van der Waals surface area contributed by atoms with E-state index in [-0.39, 0.29) is 11.8 Å². The van der Waals surface area contributed by atoms with Crippen molar-refractivity contribution in [1.29, 1.82) is 0 Å². The summed E-state index contributed by atoms with van der Waals surface area (Å²) < 4.78 is 0. The molecule has 1 aromatic rings. The SMILES string of the molecule is CCC(=O)Nc1ccc(N2CCCCC2)c(C(=O)NCCCN(C)C)c1. The molecule has 0 aliphatic carbocycles. The zero-order valence-corrected chi connectivity index (χ0v) is 16.3. The summed E-state index contributed by atoms with van der Waals surface area (Å²) in [7, 11) is 4.05. The van der Waals surface area contributed by atoms with Crippen LogP contribution in [0.1, 0.15) is 49.4 Å². The highest BCUT2D eigenvalue weighted by molar-refractivity contribution is 6.02. The van der Waals surface area contributed by atoms with Gasteiger partial charge >= 0.3 is 0 Å². The average molecular weight is 361 g/mol. The number of carbonyl (C=O) groups excluding carboxylic acids is 2.